The standard InChI is InChI=1S/C16H25N3/c1-2-3-15-12-19(11-13-6-8-17-9-7-13)16(10-18-15)14-4-5-14/h6-9,14-16,18H,2-5,10-12H2,1H3. The average Bonchev–Trinajstić information content (AvgIpc) is 3.25. The molecule has 1 saturated carbocycles. The van der Waals surface area contributed by atoms with Crippen molar-refractivity contribution in [3.05, 3.63) is 30.1 Å². The van der Waals surface area contributed by atoms with Crippen molar-refractivity contribution < 1.29 is 0 Å². The molecule has 1 aromatic rings. The molecular weight excluding hydrogens is 234 g/mol. The maximum absolute atomic E-state index is 4.12. The van der Waals surface area contributed by atoms with Crippen molar-refractivity contribution in [1.82, 2.24) is 15.2 Å². The van der Waals surface area contributed by atoms with Crippen LogP contribution < -0.4 is 5.32 Å². The Hall–Kier alpha value is -0.930. The van der Waals surface area contributed by atoms with Crippen LogP contribution in [0, 0.1) is 5.92 Å². The van der Waals surface area contributed by atoms with Gasteiger partial charge in [-0.05, 0) is 42.9 Å². The summed E-state index contributed by atoms with van der Waals surface area (Å²) < 4.78 is 0. The molecule has 2 aliphatic rings. The molecule has 0 amide bonds. The number of aromatic nitrogens is 1. The fourth-order valence-corrected chi connectivity index (χ4v) is 3.29. The third-order valence-corrected chi connectivity index (χ3v) is 4.48. The molecule has 2 heterocycles. The van der Waals surface area contributed by atoms with Crippen molar-refractivity contribution in [3.63, 3.8) is 0 Å². The highest BCUT2D eigenvalue weighted by atomic mass is 15.2. The number of hydrogen-bond acceptors (Lipinski definition) is 3. The summed E-state index contributed by atoms with van der Waals surface area (Å²) in [5.74, 6) is 0.942. The molecular formula is C16H25N3. The Morgan fingerprint density at radius 3 is 2.79 bits per heavy atom. The molecule has 104 valence electrons. The lowest BCUT2D eigenvalue weighted by Gasteiger charge is -2.41. The van der Waals surface area contributed by atoms with Crippen molar-refractivity contribution >= 4 is 0 Å². The van der Waals surface area contributed by atoms with Gasteiger partial charge in [0.1, 0.15) is 0 Å². The van der Waals surface area contributed by atoms with E-state index in [1.165, 1.54) is 44.3 Å². The van der Waals surface area contributed by atoms with E-state index in [1.54, 1.807) is 0 Å². The molecule has 1 aromatic heterocycles. The van der Waals surface area contributed by atoms with E-state index in [4.69, 9.17) is 0 Å². The molecule has 2 fully saturated rings. The number of nitrogens with one attached hydrogen (secondary N) is 1. The molecule has 3 heteroatoms. The molecule has 1 N–H and O–H groups in total. The molecule has 0 spiro atoms. The third-order valence-electron chi connectivity index (χ3n) is 4.48. The summed E-state index contributed by atoms with van der Waals surface area (Å²) in [6.07, 6.45) is 9.24. The second kappa shape index (κ2) is 6.02. The Morgan fingerprint density at radius 1 is 1.32 bits per heavy atom. The van der Waals surface area contributed by atoms with Crippen LogP contribution in [0.1, 0.15) is 38.2 Å². The van der Waals surface area contributed by atoms with Gasteiger partial charge in [-0.25, -0.2) is 0 Å². The predicted molar refractivity (Wildman–Crippen MR) is 77.9 cm³/mol. The fourth-order valence-electron chi connectivity index (χ4n) is 3.29. The zero-order chi connectivity index (χ0) is 13.1. The van der Waals surface area contributed by atoms with E-state index in [9.17, 15) is 0 Å². The van der Waals surface area contributed by atoms with Gasteiger partial charge in [0.05, 0.1) is 0 Å². The van der Waals surface area contributed by atoms with Gasteiger partial charge < -0.3 is 5.32 Å². The van der Waals surface area contributed by atoms with Crippen LogP contribution >= 0.6 is 0 Å². The number of nitrogens with zero attached hydrogens (tertiary/aromatic N) is 2. The minimum absolute atomic E-state index is 0.682. The van der Waals surface area contributed by atoms with Gasteiger partial charge in [0, 0.05) is 44.1 Å². The number of piperazine rings is 1. The summed E-state index contributed by atoms with van der Waals surface area (Å²) >= 11 is 0. The van der Waals surface area contributed by atoms with Crippen molar-refractivity contribution in [2.24, 2.45) is 5.92 Å². The lowest BCUT2D eigenvalue weighted by Crippen LogP contribution is -2.56. The molecule has 1 saturated heterocycles. The van der Waals surface area contributed by atoms with Gasteiger partial charge in [0.25, 0.3) is 0 Å². The highest BCUT2D eigenvalue weighted by Crippen LogP contribution is 2.37. The summed E-state index contributed by atoms with van der Waals surface area (Å²) in [7, 11) is 0. The number of rotatable bonds is 5. The van der Waals surface area contributed by atoms with E-state index in [2.05, 4.69) is 34.3 Å². The first-order valence-electron chi connectivity index (χ1n) is 7.73. The lowest BCUT2D eigenvalue weighted by atomic mass is 10.0. The van der Waals surface area contributed by atoms with Gasteiger partial charge in [-0.15, -0.1) is 0 Å². The highest BCUT2D eigenvalue weighted by molar-refractivity contribution is 5.10. The SMILES string of the molecule is CCCC1CN(Cc2ccncc2)C(C2CC2)CN1. The van der Waals surface area contributed by atoms with Crippen LogP contribution in [-0.4, -0.2) is 35.1 Å². The maximum atomic E-state index is 4.12. The van der Waals surface area contributed by atoms with Gasteiger partial charge in [0.15, 0.2) is 0 Å². The van der Waals surface area contributed by atoms with E-state index in [0.717, 1.165) is 18.5 Å². The molecule has 3 rings (SSSR count). The van der Waals surface area contributed by atoms with E-state index in [0.29, 0.717) is 6.04 Å². The molecule has 2 unspecified atom stereocenters. The Balaban J connectivity index is 1.66. The normalized spacial score (nSPS) is 28.5. The van der Waals surface area contributed by atoms with Crippen molar-refractivity contribution in [1.29, 1.82) is 0 Å². The van der Waals surface area contributed by atoms with E-state index < -0.39 is 0 Å². The molecule has 0 radical (unpaired) electrons. The third kappa shape index (κ3) is 3.34. The van der Waals surface area contributed by atoms with Crippen molar-refractivity contribution in [3.8, 4) is 0 Å². The first kappa shape index (κ1) is 13.1. The van der Waals surface area contributed by atoms with Crippen molar-refractivity contribution in [2.45, 2.75) is 51.2 Å². The summed E-state index contributed by atoms with van der Waals surface area (Å²) in [4.78, 5) is 6.83. The first-order chi connectivity index (χ1) is 9.36. The monoisotopic (exact) mass is 259 g/mol. The molecule has 19 heavy (non-hydrogen) atoms. The van der Waals surface area contributed by atoms with Crippen molar-refractivity contribution in [2.75, 3.05) is 13.1 Å². The molecule has 0 aromatic carbocycles. The van der Waals surface area contributed by atoms with Gasteiger partial charge in [-0.1, -0.05) is 13.3 Å². The van der Waals surface area contributed by atoms with Gasteiger partial charge in [-0.2, -0.15) is 0 Å². The van der Waals surface area contributed by atoms with Crippen LogP contribution in [0.2, 0.25) is 0 Å². The molecule has 1 aliphatic carbocycles. The zero-order valence-electron chi connectivity index (χ0n) is 11.9. The van der Waals surface area contributed by atoms with Crippen LogP contribution in [0.15, 0.2) is 24.5 Å². The van der Waals surface area contributed by atoms with Gasteiger partial charge in [-0.3, -0.25) is 9.88 Å². The zero-order valence-corrected chi connectivity index (χ0v) is 11.9. The minimum atomic E-state index is 0.682. The maximum Gasteiger partial charge on any atom is 0.0271 e. The largest absolute Gasteiger partial charge is 0.311 e. The predicted octanol–water partition coefficient (Wildman–Crippen LogP) is 2.43. The number of pyridine rings is 1. The molecule has 2 atom stereocenters. The van der Waals surface area contributed by atoms with Crippen LogP contribution in [0.5, 0.6) is 0 Å². The Labute approximate surface area is 116 Å². The summed E-state index contributed by atoms with van der Waals surface area (Å²) in [6, 6.07) is 5.74. The topological polar surface area (TPSA) is 28.2 Å². The van der Waals surface area contributed by atoms with Gasteiger partial charge in [0.2, 0.25) is 0 Å². The average molecular weight is 259 g/mol. The fraction of sp³-hybridized carbons (Fsp3) is 0.688. The minimum Gasteiger partial charge on any atom is -0.311 e. The lowest BCUT2D eigenvalue weighted by molar-refractivity contribution is 0.104. The number of hydrogen-bond donors (Lipinski definition) is 1. The second-order valence-corrected chi connectivity index (χ2v) is 6.08. The van der Waals surface area contributed by atoms with Crippen LogP contribution in [0.25, 0.3) is 0 Å². The van der Waals surface area contributed by atoms with Crippen LogP contribution in [0.3, 0.4) is 0 Å². The smallest absolute Gasteiger partial charge is 0.0271 e. The van der Waals surface area contributed by atoms with Crippen LogP contribution in [-0.2, 0) is 6.54 Å². The summed E-state index contributed by atoms with van der Waals surface area (Å²) in [6.45, 7) is 5.76. The Kier molecular flexibility index (Phi) is 4.14. The van der Waals surface area contributed by atoms with Gasteiger partial charge >= 0.3 is 0 Å². The Morgan fingerprint density at radius 2 is 2.11 bits per heavy atom. The van der Waals surface area contributed by atoms with Crippen LogP contribution in [0.4, 0.5) is 0 Å². The highest BCUT2D eigenvalue weighted by Gasteiger charge is 2.38. The second-order valence-electron chi connectivity index (χ2n) is 6.08. The Bertz CT molecular complexity index is 388. The summed E-state index contributed by atoms with van der Waals surface area (Å²) in [5, 5.41) is 3.75. The molecule has 1 aliphatic heterocycles. The molecule has 0 bridgehead atoms. The first-order valence-corrected chi connectivity index (χ1v) is 7.73. The summed E-state index contributed by atoms with van der Waals surface area (Å²) in [5.41, 5.74) is 1.40. The van der Waals surface area contributed by atoms with E-state index >= 15 is 0 Å². The van der Waals surface area contributed by atoms with E-state index in [-0.39, 0.29) is 0 Å². The van der Waals surface area contributed by atoms with E-state index in [1.807, 2.05) is 12.4 Å². The quantitative estimate of drug-likeness (QED) is 0.880. The molecule has 3 nitrogen and oxygen atoms in total.